The molecule has 0 spiro atoms. The highest BCUT2D eigenvalue weighted by Crippen LogP contribution is 2.32. The molecule has 0 bridgehead atoms. The number of nitrogens with zero attached hydrogens (tertiary/aromatic N) is 1. The SMILES string of the molecule is CCNC(=NCc1ccc2c(c1)OCO2)NCCS(=O)(=O)C(C)(C)C.I. The Hall–Kier alpha value is -1.23. The molecule has 0 aromatic heterocycles. The highest BCUT2D eigenvalue weighted by atomic mass is 127. The van der Waals surface area contributed by atoms with Gasteiger partial charge >= 0.3 is 0 Å². The Bertz CT molecular complexity index is 730. The normalized spacial score (nSPS) is 13.9. The fourth-order valence-electron chi connectivity index (χ4n) is 2.16. The fraction of sp³-hybridized carbons (Fsp3) is 0.588. The third-order valence-electron chi connectivity index (χ3n) is 3.80. The molecular formula is C17H28IN3O4S. The zero-order valence-electron chi connectivity index (χ0n) is 15.7. The van der Waals surface area contributed by atoms with Gasteiger partial charge in [-0.1, -0.05) is 6.07 Å². The number of rotatable bonds is 6. The number of benzene rings is 1. The second kappa shape index (κ2) is 9.63. The number of sulfone groups is 1. The molecule has 2 N–H and O–H groups in total. The van der Waals surface area contributed by atoms with Gasteiger partial charge in [-0.25, -0.2) is 13.4 Å². The highest BCUT2D eigenvalue weighted by molar-refractivity contribution is 14.0. The Kier molecular flexibility index (Phi) is 8.45. The van der Waals surface area contributed by atoms with Gasteiger partial charge in [0.1, 0.15) is 0 Å². The summed E-state index contributed by atoms with van der Waals surface area (Å²) in [7, 11) is -3.16. The maximum absolute atomic E-state index is 12.2. The third-order valence-corrected chi connectivity index (χ3v) is 6.40. The molecule has 7 nitrogen and oxygen atoms in total. The maximum Gasteiger partial charge on any atom is 0.231 e. The van der Waals surface area contributed by atoms with E-state index in [4.69, 9.17) is 9.47 Å². The molecule has 26 heavy (non-hydrogen) atoms. The molecule has 0 saturated carbocycles. The number of fused-ring (bicyclic) bond motifs is 1. The van der Waals surface area contributed by atoms with Crippen molar-refractivity contribution in [2.75, 3.05) is 25.6 Å². The van der Waals surface area contributed by atoms with Crippen molar-refractivity contribution in [2.45, 2.75) is 39.0 Å². The lowest BCUT2D eigenvalue weighted by molar-refractivity contribution is 0.174. The van der Waals surface area contributed by atoms with Crippen molar-refractivity contribution in [2.24, 2.45) is 4.99 Å². The average molecular weight is 497 g/mol. The van der Waals surface area contributed by atoms with Crippen LogP contribution in [0, 0.1) is 0 Å². The van der Waals surface area contributed by atoms with Crippen LogP contribution in [0.4, 0.5) is 0 Å². The molecule has 1 aromatic carbocycles. The summed E-state index contributed by atoms with van der Waals surface area (Å²) >= 11 is 0. The van der Waals surface area contributed by atoms with Crippen LogP contribution in [-0.2, 0) is 16.4 Å². The average Bonchev–Trinajstić information content (AvgIpc) is 2.99. The van der Waals surface area contributed by atoms with Crippen LogP contribution >= 0.6 is 24.0 Å². The number of guanidine groups is 1. The molecule has 0 amide bonds. The molecule has 1 aliphatic rings. The van der Waals surface area contributed by atoms with Crippen LogP contribution in [0.15, 0.2) is 23.2 Å². The monoisotopic (exact) mass is 497 g/mol. The Balaban J connectivity index is 0.00000338. The van der Waals surface area contributed by atoms with Gasteiger partial charge in [-0.05, 0) is 45.4 Å². The number of nitrogens with one attached hydrogen (secondary N) is 2. The lowest BCUT2D eigenvalue weighted by Gasteiger charge is -2.19. The molecule has 1 aromatic rings. The van der Waals surface area contributed by atoms with Crippen LogP contribution in [0.2, 0.25) is 0 Å². The Morgan fingerprint density at radius 3 is 2.54 bits per heavy atom. The summed E-state index contributed by atoms with van der Waals surface area (Å²) in [6.07, 6.45) is 0. The van der Waals surface area contributed by atoms with E-state index in [1.807, 2.05) is 25.1 Å². The van der Waals surface area contributed by atoms with Gasteiger partial charge in [-0.2, -0.15) is 0 Å². The third kappa shape index (κ3) is 6.19. The molecule has 2 rings (SSSR count). The zero-order valence-corrected chi connectivity index (χ0v) is 18.8. The van der Waals surface area contributed by atoms with E-state index in [-0.39, 0.29) is 36.5 Å². The van der Waals surface area contributed by atoms with Crippen molar-refractivity contribution in [1.29, 1.82) is 0 Å². The molecule has 148 valence electrons. The molecule has 0 radical (unpaired) electrons. The van der Waals surface area contributed by atoms with E-state index in [0.717, 1.165) is 17.1 Å². The van der Waals surface area contributed by atoms with Crippen molar-refractivity contribution in [3.8, 4) is 11.5 Å². The van der Waals surface area contributed by atoms with E-state index in [1.54, 1.807) is 20.8 Å². The molecule has 0 fully saturated rings. The summed E-state index contributed by atoms with van der Waals surface area (Å²) in [5.41, 5.74) is 0.990. The van der Waals surface area contributed by atoms with Crippen LogP contribution < -0.4 is 20.1 Å². The predicted octanol–water partition coefficient (Wildman–Crippen LogP) is 2.30. The van der Waals surface area contributed by atoms with E-state index >= 15 is 0 Å². The van der Waals surface area contributed by atoms with Gasteiger partial charge in [0.15, 0.2) is 27.3 Å². The van der Waals surface area contributed by atoms with E-state index in [9.17, 15) is 8.42 Å². The van der Waals surface area contributed by atoms with Gasteiger partial charge in [0, 0.05) is 13.1 Å². The Labute approximate surface area is 172 Å². The number of aliphatic imine (C=N–C) groups is 1. The first-order valence-electron chi connectivity index (χ1n) is 8.36. The predicted molar refractivity (Wildman–Crippen MR) is 114 cm³/mol. The number of hydrogen-bond acceptors (Lipinski definition) is 5. The zero-order chi connectivity index (χ0) is 18.5. The number of hydrogen-bond donors (Lipinski definition) is 2. The van der Waals surface area contributed by atoms with Gasteiger partial charge in [-0.15, -0.1) is 24.0 Å². The standard InChI is InChI=1S/C17H27N3O4S.HI/c1-5-18-16(19-8-9-25(21,22)17(2,3)4)20-11-13-6-7-14-15(10-13)24-12-23-14;/h6-7,10H,5,8-9,11-12H2,1-4H3,(H2,18,19,20);1H. The van der Waals surface area contributed by atoms with Crippen molar-refractivity contribution in [3.05, 3.63) is 23.8 Å². The Morgan fingerprint density at radius 1 is 1.19 bits per heavy atom. The van der Waals surface area contributed by atoms with Crippen LogP contribution in [0.3, 0.4) is 0 Å². The minimum atomic E-state index is -3.16. The van der Waals surface area contributed by atoms with E-state index in [0.29, 0.717) is 25.6 Å². The molecule has 1 aliphatic heterocycles. The Morgan fingerprint density at radius 2 is 1.88 bits per heavy atom. The first-order chi connectivity index (χ1) is 11.7. The topological polar surface area (TPSA) is 89.0 Å². The molecule has 1 heterocycles. The minimum Gasteiger partial charge on any atom is -0.454 e. The number of ether oxygens (including phenoxy) is 2. The van der Waals surface area contributed by atoms with Crippen LogP contribution in [0.25, 0.3) is 0 Å². The molecule has 0 atom stereocenters. The smallest absolute Gasteiger partial charge is 0.231 e. The van der Waals surface area contributed by atoms with Crippen molar-refractivity contribution in [3.63, 3.8) is 0 Å². The van der Waals surface area contributed by atoms with Gasteiger partial charge in [-0.3, -0.25) is 0 Å². The first-order valence-corrected chi connectivity index (χ1v) is 10.0. The summed E-state index contributed by atoms with van der Waals surface area (Å²) < 4.78 is 34.2. The van der Waals surface area contributed by atoms with Crippen molar-refractivity contribution in [1.82, 2.24) is 10.6 Å². The fourth-order valence-corrected chi connectivity index (χ4v) is 3.14. The van der Waals surface area contributed by atoms with Gasteiger partial charge in [0.2, 0.25) is 6.79 Å². The van der Waals surface area contributed by atoms with Crippen molar-refractivity contribution < 1.29 is 17.9 Å². The molecule has 9 heteroatoms. The summed E-state index contributed by atoms with van der Waals surface area (Å²) in [4.78, 5) is 4.49. The molecule has 0 aliphatic carbocycles. The second-order valence-corrected chi connectivity index (χ2v) is 9.60. The molecule has 0 saturated heterocycles. The largest absolute Gasteiger partial charge is 0.454 e. The molecular weight excluding hydrogens is 469 g/mol. The van der Waals surface area contributed by atoms with Crippen LogP contribution in [-0.4, -0.2) is 44.8 Å². The first kappa shape index (κ1) is 22.8. The summed E-state index contributed by atoms with van der Waals surface area (Å²) in [6, 6.07) is 5.70. The summed E-state index contributed by atoms with van der Waals surface area (Å²) in [6.45, 7) is 8.80. The van der Waals surface area contributed by atoms with Gasteiger partial charge < -0.3 is 20.1 Å². The number of halogens is 1. The van der Waals surface area contributed by atoms with Crippen molar-refractivity contribution >= 4 is 39.8 Å². The van der Waals surface area contributed by atoms with E-state index < -0.39 is 14.6 Å². The van der Waals surface area contributed by atoms with Crippen LogP contribution in [0.1, 0.15) is 33.3 Å². The second-order valence-electron chi connectivity index (χ2n) is 6.74. The summed E-state index contributed by atoms with van der Waals surface area (Å²) in [5, 5.41) is 6.19. The van der Waals surface area contributed by atoms with Crippen LogP contribution in [0.5, 0.6) is 11.5 Å². The van der Waals surface area contributed by atoms with E-state index in [2.05, 4.69) is 15.6 Å². The quantitative estimate of drug-likeness (QED) is 0.356. The van der Waals surface area contributed by atoms with Gasteiger partial charge in [0.25, 0.3) is 0 Å². The minimum absolute atomic E-state index is 0. The lowest BCUT2D eigenvalue weighted by atomic mass is 10.2. The lowest BCUT2D eigenvalue weighted by Crippen LogP contribution is -2.41. The highest BCUT2D eigenvalue weighted by Gasteiger charge is 2.28. The summed E-state index contributed by atoms with van der Waals surface area (Å²) in [5.74, 6) is 2.11. The van der Waals surface area contributed by atoms with E-state index in [1.165, 1.54) is 0 Å². The molecule has 0 unspecified atom stereocenters. The maximum atomic E-state index is 12.2. The van der Waals surface area contributed by atoms with Gasteiger partial charge in [0.05, 0.1) is 17.0 Å².